The van der Waals surface area contributed by atoms with Crippen LogP contribution in [0.2, 0.25) is 5.02 Å². The Morgan fingerprint density at radius 2 is 1.77 bits per heavy atom. The van der Waals surface area contributed by atoms with Crippen LogP contribution in [0.4, 0.5) is 10.2 Å². The molecule has 2 aromatic rings. The first kappa shape index (κ1) is 20.2. The fourth-order valence-corrected chi connectivity index (χ4v) is 6.07. The van der Waals surface area contributed by atoms with E-state index in [4.69, 9.17) is 11.6 Å². The third-order valence-corrected chi connectivity index (χ3v) is 7.62. The van der Waals surface area contributed by atoms with Crippen molar-refractivity contribution in [2.45, 2.75) is 51.0 Å². The van der Waals surface area contributed by atoms with E-state index < -0.39 is 0 Å². The van der Waals surface area contributed by atoms with Crippen LogP contribution in [0.25, 0.3) is 11.3 Å². The summed E-state index contributed by atoms with van der Waals surface area (Å²) in [4.78, 5) is 2.73. The summed E-state index contributed by atoms with van der Waals surface area (Å²) in [7, 11) is 0. The van der Waals surface area contributed by atoms with Crippen molar-refractivity contribution in [2.24, 2.45) is 17.8 Å². The fourth-order valence-electron chi connectivity index (χ4n) is 5.85. The smallest absolute Gasteiger partial charge is 0.148 e. The third kappa shape index (κ3) is 4.47. The first-order valence-electron chi connectivity index (χ1n) is 11.4. The Balaban J connectivity index is 1.14. The highest BCUT2D eigenvalue weighted by Gasteiger charge is 2.41. The maximum absolute atomic E-state index is 13.5. The number of fused-ring (bicyclic) bond motifs is 1. The SMILES string of the molecule is Fc1ccc(Cl)c(-c2ccc(NC3C[C@@H]4CN(CC5CCCCC5)C[C@@H]4C3)nn2)c1. The molecule has 6 heteroatoms. The largest absolute Gasteiger partial charge is 0.366 e. The molecule has 1 aliphatic heterocycles. The maximum Gasteiger partial charge on any atom is 0.148 e. The van der Waals surface area contributed by atoms with Crippen LogP contribution in [-0.2, 0) is 0 Å². The lowest BCUT2D eigenvalue weighted by Crippen LogP contribution is -2.30. The van der Waals surface area contributed by atoms with Crippen molar-refractivity contribution in [2.75, 3.05) is 25.0 Å². The van der Waals surface area contributed by atoms with Crippen LogP contribution in [-0.4, -0.2) is 40.8 Å². The summed E-state index contributed by atoms with van der Waals surface area (Å²) < 4.78 is 13.5. The predicted molar refractivity (Wildman–Crippen MR) is 119 cm³/mol. The summed E-state index contributed by atoms with van der Waals surface area (Å²) >= 11 is 6.18. The number of aromatic nitrogens is 2. The van der Waals surface area contributed by atoms with Gasteiger partial charge in [-0.2, -0.15) is 0 Å². The van der Waals surface area contributed by atoms with Crippen molar-refractivity contribution in [3.05, 3.63) is 41.2 Å². The molecule has 1 N–H and O–H groups in total. The molecule has 3 atom stereocenters. The van der Waals surface area contributed by atoms with E-state index in [-0.39, 0.29) is 5.82 Å². The van der Waals surface area contributed by atoms with Crippen LogP contribution in [0.1, 0.15) is 44.9 Å². The minimum Gasteiger partial charge on any atom is -0.366 e. The summed E-state index contributed by atoms with van der Waals surface area (Å²) in [6.07, 6.45) is 9.60. The second kappa shape index (κ2) is 8.80. The lowest BCUT2D eigenvalue weighted by atomic mass is 9.89. The van der Waals surface area contributed by atoms with Gasteiger partial charge < -0.3 is 10.2 Å². The molecule has 160 valence electrons. The second-order valence-corrected chi connectivity index (χ2v) is 9.89. The highest BCUT2D eigenvalue weighted by Crippen LogP contribution is 2.40. The minimum absolute atomic E-state index is 0.326. The number of likely N-dealkylation sites (tertiary alicyclic amines) is 1. The Morgan fingerprint density at radius 1 is 1.00 bits per heavy atom. The van der Waals surface area contributed by atoms with Gasteiger partial charge in [0, 0.05) is 31.2 Å². The van der Waals surface area contributed by atoms with E-state index in [0.717, 1.165) is 23.6 Å². The number of benzene rings is 1. The average molecular weight is 429 g/mol. The van der Waals surface area contributed by atoms with Gasteiger partial charge in [-0.15, -0.1) is 10.2 Å². The normalized spacial score (nSPS) is 27.3. The molecule has 2 aliphatic carbocycles. The summed E-state index contributed by atoms with van der Waals surface area (Å²) in [5.41, 5.74) is 1.16. The molecule has 1 aromatic heterocycles. The molecule has 5 rings (SSSR count). The molecule has 30 heavy (non-hydrogen) atoms. The van der Waals surface area contributed by atoms with Gasteiger partial charge >= 0.3 is 0 Å². The molecule has 0 spiro atoms. The quantitative estimate of drug-likeness (QED) is 0.669. The summed E-state index contributed by atoms with van der Waals surface area (Å²) in [6, 6.07) is 8.55. The Morgan fingerprint density at radius 3 is 2.47 bits per heavy atom. The standard InChI is InChI=1S/C24H30ClFN4/c25-22-7-6-19(26)12-21(22)23-8-9-24(29-28-23)27-20-10-17-14-30(15-18(17)11-20)13-16-4-2-1-3-5-16/h6-9,12,16-18,20H,1-5,10-11,13-15H2,(H,27,29)/t17-,18+,20?. The molecule has 1 aromatic carbocycles. The van der Waals surface area contributed by atoms with Gasteiger partial charge in [0.2, 0.25) is 0 Å². The predicted octanol–water partition coefficient (Wildman–Crippen LogP) is 5.64. The summed E-state index contributed by atoms with van der Waals surface area (Å²) in [5, 5.41) is 12.6. The van der Waals surface area contributed by atoms with Gasteiger partial charge in [-0.25, -0.2) is 4.39 Å². The fraction of sp³-hybridized carbons (Fsp3) is 0.583. The lowest BCUT2D eigenvalue weighted by molar-refractivity contribution is 0.221. The Kier molecular flexibility index (Phi) is 5.92. The zero-order valence-corrected chi connectivity index (χ0v) is 18.1. The van der Waals surface area contributed by atoms with Crippen LogP contribution >= 0.6 is 11.6 Å². The molecule has 3 fully saturated rings. The van der Waals surface area contributed by atoms with Crippen LogP contribution in [0.5, 0.6) is 0 Å². The van der Waals surface area contributed by atoms with Crippen molar-refractivity contribution in [3.8, 4) is 11.3 Å². The molecule has 0 amide bonds. The molecule has 2 heterocycles. The Bertz CT molecular complexity index is 854. The molecular formula is C24H30ClFN4. The van der Waals surface area contributed by atoms with Gasteiger partial charge in [-0.3, -0.25) is 0 Å². The average Bonchev–Trinajstić information content (AvgIpc) is 3.29. The van der Waals surface area contributed by atoms with Gasteiger partial charge in [0.1, 0.15) is 11.6 Å². The zero-order valence-electron chi connectivity index (χ0n) is 17.4. The number of anilines is 1. The van der Waals surface area contributed by atoms with Crippen molar-refractivity contribution in [3.63, 3.8) is 0 Å². The molecule has 0 radical (unpaired) electrons. The van der Waals surface area contributed by atoms with Crippen LogP contribution in [0.3, 0.4) is 0 Å². The molecule has 1 unspecified atom stereocenters. The van der Waals surface area contributed by atoms with E-state index in [1.807, 2.05) is 12.1 Å². The Labute approximate surface area is 183 Å². The monoisotopic (exact) mass is 428 g/mol. The number of nitrogens with one attached hydrogen (secondary N) is 1. The summed E-state index contributed by atoms with van der Waals surface area (Å²) in [6.45, 7) is 3.85. The van der Waals surface area contributed by atoms with Gasteiger partial charge in [-0.05, 0) is 73.8 Å². The molecule has 0 bridgehead atoms. The van der Waals surface area contributed by atoms with Gasteiger partial charge in [-0.1, -0.05) is 30.9 Å². The van der Waals surface area contributed by atoms with Gasteiger partial charge in [0.15, 0.2) is 0 Å². The van der Waals surface area contributed by atoms with E-state index in [1.165, 1.54) is 76.7 Å². The highest BCUT2D eigenvalue weighted by atomic mass is 35.5. The van der Waals surface area contributed by atoms with Crippen LogP contribution < -0.4 is 5.32 Å². The third-order valence-electron chi connectivity index (χ3n) is 7.29. The van der Waals surface area contributed by atoms with Crippen molar-refractivity contribution in [1.29, 1.82) is 0 Å². The number of halogens is 2. The Hall–Kier alpha value is -1.72. The van der Waals surface area contributed by atoms with Crippen molar-refractivity contribution < 1.29 is 4.39 Å². The first-order chi connectivity index (χ1) is 14.6. The second-order valence-electron chi connectivity index (χ2n) is 9.48. The topological polar surface area (TPSA) is 41.0 Å². The lowest BCUT2D eigenvalue weighted by Gasteiger charge is -2.27. The molecule has 3 aliphatic rings. The van der Waals surface area contributed by atoms with E-state index in [1.54, 1.807) is 6.07 Å². The zero-order chi connectivity index (χ0) is 20.5. The number of rotatable bonds is 5. The first-order valence-corrected chi connectivity index (χ1v) is 11.8. The number of hydrogen-bond acceptors (Lipinski definition) is 4. The highest BCUT2D eigenvalue weighted by molar-refractivity contribution is 6.33. The molecule has 4 nitrogen and oxygen atoms in total. The van der Waals surface area contributed by atoms with Gasteiger partial charge in [0.05, 0.1) is 10.7 Å². The van der Waals surface area contributed by atoms with Crippen LogP contribution in [0, 0.1) is 23.6 Å². The van der Waals surface area contributed by atoms with E-state index in [0.29, 0.717) is 22.3 Å². The van der Waals surface area contributed by atoms with E-state index >= 15 is 0 Å². The summed E-state index contributed by atoms with van der Waals surface area (Å²) in [5.74, 6) is 3.02. The maximum atomic E-state index is 13.5. The van der Waals surface area contributed by atoms with Crippen molar-refractivity contribution >= 4 is 17.4 Å². The van der Waals surface area contributed by atoms with E-state index in [2.05, 4.69) is 20.4 Å². The van der Waals surface area contributed by atoms with Crippen molar-refractivity contribution in [1.82, 2.24) is 15.1 Å². The van der Waals surface area contributed by atoms with Gasteiger partial charge in [0.25, 0.3) is 0 Å². The number of nitrogens with zero attached hydrogens (tertiary/aromatic N) is 3. The molecular weight excluding hydrogens is 399 g/mol. The number of hydrogen-bond donors (Lipinski definition) is 1. The van der Waals surface area contributed by atoms with Crippen LogP contribution in [0.15, 0.2) is 30.3 Å². The molecule has 1 saturated heterocycles. The van der Waals surface area contributed by atoms with E-state index in [9.17, 15) is 4.39 Å². The minimum atomic E-state index is -0.326. The molecule has 2 saturated carbocycles.